The van der Waals surface area contributed by atoms with Crippen molar-refractivity contribution < 1.29 is 9.84 Å². The molecule has 2 aromatic rings. The highest BCUT2D eigenvalue weighted by molar-refractivity contribution is 5.82. The fourth-order valence-corrected chi connectivity index (χ4v) is 2.87. The Morgan fingerprint density at radius 2 is 2.00 bits per heavy atom. The Bertz CT molecular complexity index is 910. The molecule has 1 aromatic carbocycles. The molecule has 2 heterocycles. The van der Waals surface area contributed by atoms with Gasteiger partial charge in [0.1, 0.15) is 5.56 Å². The number of aliphatic imine (C=N–C) groups is 1. The fourth-order valence-electron chi connectivity index (χ4n) is 2.87. The number of aryl methyl sites for hydroxylation is 1. The van der Waals surface area contributed by atoms with Crippen molar-refractivity contribution >= 4 is 6.21 Å². The maximum atomic E-state index is 12.2. The van der Waals surface area contributed by atoms with E-state index in [9.17, 15) is 14.7 Å². The first-order chi connectivity index (χ1) is 12.6. The lowest BCUT2D eigenvalue weighted by Crippen LogP contribution is -2.37. The van der Waals surface area contributed by atoms with Crippen molar-refractivity contribution in [3.8, 4) is 11.6 Å². The van der Waals surface area contributed by atoms with Crippen molar-refractivity contribution in [1.82, 2.24) is 14.5 Å². The minimum Gasteiger partial charge on any atom is -0.493 e. The normalized spacial score (nSPS) is 15.6. The van der Waals surface area contributed by atoms with Gasteiger partial charge >= 0.3 is 5.69 Å². The van der Waals surface area contributed by atoms with E-state index in [-0.39, 0.29) is 5.56 Å². The maximum absolute atomic E-state index is 12.2. The Balaban J connectivity index is 1.84. The van der Waals surface area contributed by atoms with Gasteiger partial charge in [0.2, 0.25) is 5.88 Å². The van der Waals surface area contributed by atoms with Crippen molar-refractivity contribution in [1.29, 1.82) is 0 Å². The molecule has 3 rings (SSSR count). The number of hydrogen-bond donors (Lipinski definition) is 2. The largest absolute Gasteiger partial charge is 0.493 e. The molecule has 0 saturated carbocycles. The molecule has 0 amide bonds. The van der Waals surface area contributed by atoms with Crippen LogP contribution in [0.5, 0.6) is 5.88 Å². The Kier molecular flexibility index (Phi) is 5.65. The average Bonchev–Trinajstić information content (AvgIpc) is 2.63. The standard InChI is InChI=1S/C18H22N4O4/c1-13-4-2-3-5-15(13)22-17(24)14(16(23)20-18(22)25)12-19-6-7-21-8-10-26-11-9-21/h2-5,12,24H,6-11H2,1H3,(H,20,23,25). The highest BCUT2D eigenvalue weighted by Gasteiger charge is 2.15. The van der Waals surface area contributed by atoms with Gasteiger partial charge in [-0.2, -0.15) is 0 Å². The quantitative estimate of drug-likeness (QED) is 0.749. The summed E-state index contributed by atoms with van der Waals surface area (Å²) in [7, 11) is 0. The van der Waals surface area contributed by atoms with E-state index >= 15 is 0 Å². The topological polar surface area (TPSA) is 99.9 Å². The molecule has 1 saturated heterocycles. The van der Waals surface area contributed by atoms with Crippen LogP contribution in [0.25, 0.3) is 5.69 Å². The zero-order valence-electron chi connectivity index (χ0n) is 14.6. The first-order valence-electron chi connectivity index (χ1n) is 8.52. The van der Waals surface area contributed by atoms with Crippen LogP contribution in [-0.4, -0.2) is 65.2 Å². The first-order valence-corrected chi connectivity index (χ1v) is 8.52. The number of nitrogens with one attached hydrogen (secondary N) is 1. The number of benzene rings is 1. The van der Waals surface area contributed by atoms with Crippen molar-refractivity contribution in [3.63, 3.8) is 0 Å². The van der Waals surface area contributed by atoms with Crippen molar-refractivity contribution in [2.45, 2.75) is 6.92 Å². The number of hydrogen-bond acceptors (Lipinski definition) is 6. The van der Waals surface area contributed by atoms with Crippen molar-refractivity contribution in [2.75, 3.05) is 39.4 Å². The van der Waals surface area contributed by atoms with Gasteiger partial charge in [-0.25, -0.2) is 9.36 Å². The number of H-pyrrole nitrogens is 1. The molecule has 1 aliphatic rings. The average molecular weight is 358 g/mol. The summed E-state index contributed by atoms with van der Waals surface area (Å²) in [6, 6.07) is 7.12. The molecule has 0 aliphatic carbocycles. The number of aromatic nitrogens is 2. The van der Waals surface area contributed by atoms with Gasteiger partial charge in [0.15, 0.2) is 0 Å². The second kappa shape index (κ2) is 8.11. The molecule has 8 heteroatoms. The van der Waals surface area contributed by atoms with E-state index in [1.807, 2.05) is 19.1 Å². The zero-order valence-corrected chi connectivity index (χ0v) is 14.6. The lowest BCUT2D eigenvalue weighted by atomic mass is 10.2. The number of aromatic hydroxyl groups is 1. The molecule has 2 N–H and O–H groups in total. The van der Waals surface area contributed by atoms with Gasteiger partial charge in [-0.05, 0) is 18.6 Å². The van der Waals surface area contributed by atoms with E-state index in [0.717, 1.165) is 29.8 Å². The van der Waals surface area contributed by atoms with Gasteiger partial charge in [0.05, 0.1) is 25.4 Å². The summed E-state index contributed by atoms with van der Waals surface area (Å²) in [6.07, 6.45) is 1.32. The number of nitrogens with zero attached hydrogens (tertiary/aromatic N) is 3. The first kappa shape index (κ1) is 18.1. The number of rotatable bonds is 5. The molecule has 1 aliphatic heterocycles. The van der Waals surface area contributed by atoms with Crippen molar-refractivity contribution in [2.24, 2.45) is 4.99 Å². The van der Waals surface area contributed by atoms with Crippen LogP contribution in [0.4, 0.5) is 0 Å². The SMILES string of the molecule is Cc1ccccc1-n1c(O)c(C=NCCN2CCOCC2)c(=O)[nH]c1=O. The fraction of sp³-hybridized carbons (Fsp3) is 0.389. The molecule has 8 nitrogen and oxygen atoms in total. The van der Waals surface area contributed by atoms with Crippen molar-refractivity contribution in [3.05, 3.63) is 56.2 Å². The summed E-state index contributed by atoms with van der Waals surface area (Å²) in [6.45, 7) is 6.21. The lowest BCUT2D eigenvalue weighted by Gasteiger charge is -2.25. The van der Waals surface area contributed by atoms with Gasteiger partial charge in [-0.15, -0.1) is 0 Å². The molecule has 1 aromatic heterocycles. The molecule has 1 fully saturated rings. The third-order valence-electron chi connectivity index (χ3n) is 4.35. The van der Waals surface area contributed by atoms with Gasteiger partial charge in [-0.1, -0.05) is 18.2 Å². The second-order valence-corrected chi connectivity index (χ2v) is 6.11. The van der Waals surface area contributed by atoms with Gasteiger partial charge in [0.25, 0.3) is 5.56 Å². The van der Waals surface area contributed by atoms with E-state index in [0.29, 0.717) is 25.4 Å². The Morgan fingerprint density at radius 3 is 2.73 bits per heavy atom. The van der Waals surface area contributed by atoms with E-state index in [4.69, 9.17) is 4.74 Å². The third-order valence-corrected chi connectivity index (χ3v) is 4.35. The molecule has 0 bridgehead atoms. The summed E-state index contributed by atoms with van der Waals surface area (Å²) in [5.41, 5.74) is -0.0732. The van der Waals surface area contributed by atoms with Gasteiger partial charge < -0.3 is 9.84 Å². The smallest absolute Gasteiger partial charge is 0.335 e. The third kappa shape index (κ3) is 3.92. The summed E-state index contributed by atoms with van der Waals surface area (Å²) in [4.78, 5) is 33.0. The summed E-state index contributed by atoms with van der Waals surface area (Å²) in [5, 5.41) is 10.5. The summed E-state index contributed by atoms with van der Waals surface area (Å²) < 4.78 is 6.38. The Morgan fingerprint density at radius 1 is 1.27 bits per heavy atom. The van der Waals surface area contributed by atoms with E-state index in [1.165, 1.54) is 6.21 Å². The van der Waals surface area contributed by atoms with Gasteiger partial charge in [-0.3, -0.25) is 19.7 Å². The van der Waals surface area contributed by atoms with Crippen LogP contribution >= 0.6 is 0 Å². The Labute approximate surface area is 150 Å². The highest BCUT2D eigenvalue weighted by Crippen LogP contribution is 2.18. The van der Waals surface area contributed by atoms with E-state index in [2.05, 4.69) is 14.9 Å². The molecular weight excluding hydrogens is 336 g/mol. The van der Waals surface area contributed by atoms with E-state index < -0.39 is 17.1 Å². The zero-order chi connectivity index (χ0) is 18.5. The monoisotopic (exact) mass is 358 g/mol. The number of morpholine rings is 1. The minimum absolute atomic E-state index is 0.0326. The molecule has 26 heavy (non-hydrogen) atoms. The lowest BCUT2D eigenvalue weighted by molar-refractivity contribution is 0.0395. The predicted molar refractivity (Wildman–Crippen MR) is 98.8 cm³/mol. The molecule has 0 unspecified atom stereocenters. The minimum atomic E-state index is -0.688. The molecule has 0 radical (unpaired) electrons. The molecule has 0 spiro atoms. The summed E-state index contributed by atoms with van der Waals surface area (Å²) in [5.74, 6) is -0.414. The van der Waals surface area contributed by atoms with Crippen LogP contribution in [0.3, 0.4) is 0 Å². The Hall–Kier alpha value is -2.71. The highest BCUT2D eigenvalue weighted by atomic mass is 16.5. The summed E-state index contributed by atoms with van der Waals surface area (Å²) >= 11 is 0. The molecular formula is C18H22N4O4. The number of aromatic amines is 1. The number of para-hydroxylation sites is 1. The molecule has 138 valence electrons. The van der Waals surface area contributed by atoms with E-state index in [1.54, 1.807) is 12.1 Å². The van der Waals surface area contributed by atoms with Crippen LogP contribution in [0.15, 0.2) is 38.8 Å². The van der Waals surface area contributed by atoms with Crippen LogP contribution in [0.1, 0.15) is 11.1 Å². The number of ether oxygens (including phenoxy) is 1. The maximum Gasteiger partial charge on any atom is 0.335 e. The van der Waals surface area contributed by atoms with Crippen LogP contribution in [-0.2, 0) is 4.74 Å². The molecule has 0 atom stereocenters. The van der Waals surface area contributed by atoms with Crippen LogP contribution < -0.4 is 11.2 Å². The van der Waals surface area contributed by atoms with Gasteiger partial charge in [0, 0.05) is 25.8 Å². The second-order valence-electron chi connectivity index (χ2n) is 6.11. The van der Waals surface area contributed by atoms with Crippen LogP contribution in [0.2, 0.25) is 0 Å². The predicted octanol–water partition coefficient (Wildman–Crippen LogP) is 0.291. The van der Waals surface area contributed by atoms with Crippen LogP contribution in [0, 0.1) is 6.92 Å².